The highest BCUT2D eigenvalue weighted by atomic mass is 16.4. The van der Waals surface area contributed by atoms with E-state index in [2.05, 4.69) is 6.58 Å². The summed E-state index contributed by atoms with van der Waals surface area (Å²) in [6, 6.07) is 5.44. The fraction of sp³-hybridized carbons (Fsp3) is 0.286. The lowest BCUT2D eigenvalue weighted by molar-refractivity contribution is -0.139. The number of ketones is 1. The summed E-state index contributed by atoms with van der Waals surface area (Å²) in [5, 5.41) is 9.12. The zero-order valence-corrected chi connectivity index (χ0v) is 9.48. The minimum Gasteiger partial charge on any atom is -0.481 e. The minimum atomic E-state index is -0.852. The first kappa shape index (κ1) is 11.6. The van der Waals surface area contributed by atoms with E-state index in [0.29, 0.717) is 30.4 Å². The highest BCUT2D eigenvalue weighted by molar-refractivity contribution is 6.01. The number of allylic oxidation sites excluding steroid dienone is 1. The Morgan fingerprint density at radius 1 is 1.53 bits per heavy atom. The molecule has 0 radical (unpaired) electrons. The molecule has 0 aliphatic heterocycles. The van der Waals surface area contributed by atoms with Gasteiger partial charge in [0.25, 0.3) is 0 Å². The molecule has 0 heterocycles. The lowest BCUT2D eigenvalue weighted by atomic mass is 9.81. The van der Waals surface area contributed by atoms with Gasteiger partial charge in [-0.1, -0.05) is 18.2 Å². The van der Waals surface area contributed by atoms with Crippen molar-refractivity contribution in [1.82, 2.24) is 0 Å². The Morgan fingerprint density at radius 3 is 2.94 bits per heavy atom. The van der Waals surface area contributed by atoms with Crippen LogP contribution in [-0.4, -0.2) is 16.9 Å². The van der Waals surface area contributed by atoms with Crippen LogP contribution in [0.15, 0.2) is 30.9 Å². The number of carbonyl (C=O) groups excluding carboxylic acids is 1. The number of carboxylic acids is 1. The molecule has 1 unspecified atom stereocenters. The topological polar surface area (TPSA) is 54.4 Å². The normalized spacial score (nSPS) is 18.6. The number of aliphatic carboxylic acids is 1. The predicted molar refractivity (Wildman–Crippen MR) is 64.3 cm³/mol. The molecule has 0 saturated carbocycles. The Hall–Kier alpha value is -1.90. The Kier molecular flexibility index (Phi) is 3.09. The molecule has 1 N–H and O–H groups in total. The third-order valence-corrected chi connectivity index (χ3v) is 3.13. The van der Waals surface area contributed by atoms with Crippen molar-refractivity contribution in [3.63, 3.8) is 0 Å². The van der Waals surface area contributed by atoms with Crippen LogP contribution in [0.3, 0.4) is 0 Å². The molecule has 1 aromatic carbocycles. The Morgan fingerprint density at radius 2 is 2.29 bits per heavy atom. The first-order valence-corrected chi connectivity index (χ1v) is 5.63. The van der Waals surface area contributed by atoms with Crippen molar-refractivity contribution >= 4 is 11.8 Å². The molecule has 88 valence electrons. The fourth-order valence-electron chi connectivity index (χ4n) is 2.26. The molecular weight excluding hydrogens is 216 g/mol. The van der Waals surface area contributed by atoms with Gasteiger partial charge < -0.3 is 5.11 Å². The zero-order chi connectivity index (χ0) is 12.4. The number of rotatable bonds is 3. The Balaban J connectivity index is 2.47. The summed E-state index contributed by atoms with van der Waals surface area (Å²) in [7, 11) is 0. The number of hydrogen-bond acceptors (Lipinski definition) is 2. The van der Waals surface area contributed by atoms with E-state index in [1.54, 1.807) is 18.2 Å². The SMILES string of the molecule is C=CCc1ccc2c(c1)C(=O)CCC2C(=O)O. The second-order valence-corrected chi connectivity index (χ2v) is 4.27. The Bertz CT molecular complexity index is 488. The molecule has 1 atom stereocenters. The van der Waals surface area contributed by atoms with Gasteiger partial charge in [-0.05, 0) is 30.0 Å². The van der Waals surface area contributed by atoms with E-state index < -0.39 is 11.9 Å². The van der Waals surface area contributed by atoms with Gasteiger partial charge in [0.15, 0.2) is 5.78 Å². The summed E-state index contributed by atoms with van der Waals surface area (Å²) in [6.07, 6.45) is 3.19. The molecule has 3 heteroatoms. The van der Waals surface area contributed by atoms with Crippen molar-refractivity contribution in [3.05, 3.63) is 47.5 Å². The van der Waals surface area contributed by atoms with Crippen molar-refractivity contribution in [2.45, 2.75) is 25.2 Å². The van der Waals surface area contributed by atoms with E-state index in [4.69, 9.17) is 5.11 Å². The number of Topliss-reactive ketones (excluding diaryl/α,β-unsaturated/α-hetero) is 1. The van der Waals surface area contributed by atoms with Gasteiger partial charge in [0.1, 0.15) is 0 Å². The number of benzene rings is 1. The van der Waals surface area contributed by atoms with E-state index in [9.17, 15) is 9.59 Å². The lowest BCUT2D eigenvalue weighted by Crippen LogP contribution is -2.21. The Labute approximate surface area is 99.8 Å². The molecule has 1 aliphatic carbocycles. The lowest BCUT2D eigenvalue weighted by Gasteiger charge is -2.21. The fourth-order valence-corrected chi connectivity index (χ4v) is 2.26. The highest BCUT2D eigenvalue weighted by Crippen LogP contribution is 2.32. The molecule has 2 rings (SSSR count). The van der Waals surface area contributed by atoms with E-state index >= 15 is 0 Å². The van der Waals surface area contributed by atoms with Crippen LogP contribution in [0.5, 0.6) is 0 Å². The van der Waals surface area contributed by atoms with Gasteiger partial charge >= 0.3 is 5.97 Å². The first-order chi connectivity index (χ1) is 8.13. The summed E-state index contributed by atoms with van der Waals surface area (Å²) in [5.74, 6) is -1.35. The van der Waals surface area contributed by atoms with Crippen LogP contribution in [0.2, 0.25) is 0 Å². The maximum absolute atomic E-state index is 11.8. The molecule has 0 bridgehead atoms. The van der Waals surface area contributed by atoms with E-state index in [1.807, 2.05) is 6.07 Å². The standard InChI is InChI=1S/C14H14O3/c1-2-3-9-4-5-10-11(14(16)17)6-7-13(15)12(10)8-9/h2,4-5,8,11H,1,3,6-7H2,(H,16,17). The average molecular weight is 230 g/mol. The van der Waals surface area contributed by atoms with Gasteiger partial charge in [-0.15, -0.1) is 6.58 Å². The molecule has 1 aromatic rings. The number of hydrogen-bond donors (Lipinski definition) is 1. The van der Waals surface area contributed by atoms with Crippen LogP contribution >= 0.6 is 0 Å². The number of carbonyl (C=O) groups is 2. The summed E-state index contributed by atoms with van der Waals surface area (Å²) in [4.78, 5) is 22.9. The maximum Gasteiger partial charge on any atom is 0.311 e. The van der Waals surface area contributed by atoms with Crippen molar-refractivity contribution < 1.29 is 14.7 Å². The summed E-state index contributed by atoms with van der Waals surface area (Å²) < 4.78 is 0. The smallest absolute Gasteiger partial charge is 0.311 e. The monoisotopic (exact) mass is 230 g/mol. The van der Waals surface area contributed by atoms with Crippen molar-refractivity contribution in [2.75, 3.05) is 0 Å². The molecule has 0 aromatic heterocycles. The second kappa shape index (κ2) is 4.53. The van der Waals surface area contributed by atoms with Crippen molar-refractivity contribution in [1.29, 1.82) is 0 Å². The molecule has 1 aliphatic rings. The molecule has 0 saturated heterocycles. The maximum atomic E-state index is 11.8. The van der Waals surface area contributed by atoms with Gasteiger partial charge in [-0.25, -0.2) is 0 Å². The molecule has 3 nitrogen and oxygen atoms in total. The minimum absolute atomic E-state index is 0.0448. The summed E-state index contributed by atoms with van der Waals surface area (Å²) in [5.41, 5.74) is 2.22. The van der Waals surface area contributed by atoms with Crippen molar-refractivity contribution in [3.8, 4) is 0 Å². The van der Waals surface area contributed by atoms with Crippen LogP contribution in [0.1, 0.15) is 40.2 Å². The predicted octanol–water partition coefficient (Wildman–Crippen LogP) is 2.56. The molecular formula is C14H14O3. The van der Waals surface area contributed by atoms with E-state index in [0.717, 1.165) is 5.56 Å². The summed E-state index contributed by atoms with van der Waals surface area (Å²) >= 11 is 0. The van der Waals surface area contributed by atoms with E-state index in [1.165, 1.54) is 0 Å². The van der Waals surface area contributed by atoms with Crippen LogP contribution in [-0.2, 0) is 11.2 Å². The van der Waals surface area contributed by atoms with Gasteiger partial charge in [0, 0.05) is 12.0 Å². The molecule has 0 spiro atoms. The summed E-state index contributed by atoms with van der Waals surface area (Å²) in [6.45, 7) is 3.65. The molecule has 17 heavy (non-hydrogen) atoms. The second-order valence-electron chi connectivity index (χ2n) is 4.27. The largest absolute Gasteiger partial charge is 0.481 e. The third-order valence-electron chi connectivity index (χ3n) is 3.13. The number of carboxylic acid groups (broad SMARTS) is 1. The zero-order valence-electron chi connectivity index (χ0n) is 9.48. The highest BCUT2D eigenvalue weighted by Gasteiger charge is 2.30. The van der Waals surface area contributed by atoms with Crippen LogP contribution < -0.4 is 0 Å². The molecule has 0 amide bonds. The van der Waals surface area contributed by atoms with Crippen LogP contribution in [0, 0.1) is 0 Å². The van der Waals surface area contributed by atoms with Gasteiger partial charge in [0.05, 0.1) is 5.92 Å². The van der Waals surface area contributed by atoms with Gasteiger partial charge in [-0.2, -0.15) is 0 Å². The molecule has 0 fully saturated rings. The van der Waals surface area contributed by atoms with Crippen molar-refractivity contribution in [2.24, 2.45) is 0 Å². The first-order valence-electron chi connectivity index (χ1n) is 5.63. The van der Waals surface area contributed by atoms with Gasteiger partial charge in [-0.3, -0.25) is 9.59 Å². The van der Waals surface area contributed by atoms with E-state index in [-0.39, 0.29) is 5.78 Å². The van der Waals surface area contributed by atoms with Gasteiger partial charge in [0.2, 0.25) is 0 Å². The third kappa shape index (κ3) is 2.13. The average Bonchev–Trinajstić information content (AvgIpc) is 2.30. The number of fused-ring (bicyclic) bond motifs is 1. The quantitative estimate of drug-likeness (QED) is 0.812. The van der Waals surface area contributed by atoms with Crippen LogP contribution in [0.25, 0.3) is 0 Å². The van der Waals surface area contributed by atoms with Crippen LogP contribution in [0.4, 0.5) is 0 Å².